The van der Waals surface area contributed by atoms with Gasteiger partial charge >= 0.3 is 0 Å². The lowest BCUT2D eigenvalue weighted by Crippen LogP contribution is -2.15. The van der Waals surface area contributed by atoms with Crippen LogP contribution >= 0.6 is 0 Å². The fraction of sp³-hybridized carbons (Fsp3) is 0.235. The predicted octanol–water partition coefficient (Wildman–Crippen LogP) is 3.06. The van der Waals surface area contributed by atoms with Crippen molar-refractivity contribution in [3.8, 4) is 11.8 Å². The van der Waals surface area contributed by atoms with Gasteiger partial charge in [0.2, 0.25) is 0 Å². The van der Waals surface area contributed by atoms with Crippen molar-refractivity contribution in [2.75, 3.05) is 7.11 Å². The molecule has 1 heterocycles. The molecular weight excluding hydrogens is 278 g/mol. The van der Waals surface area contributed by atoms with E-state index in [1.165, 1.54) is 4.68 Å². The zero-order chi connectivity index (χ0) is 16.3. The van der Waals surface area contributed by atoms with Gasteiger partial charge in [-0.05, 0) is 56.2 Å². The number of benzene rings is 1. The molecule has 0 bridgehead atoms. The van der Waals surface area contributed by atoms with Gasteiger partial charge in [-0.25, -0.2) is 4.68 Å². The smallest absolute Gasteiger partial charge is 0.289 e. The Kier molecular flexibility index (Phi) is 4.42. The van der Waals surface area contributed by atoms with Crippen LogP contribution in [0.2, 0.25) is 0 Å². The summed E-state index contributed by atoms with van der Waals surface area (Å²) < 4.78 is 6.40. The minimum absolute atomic E-state index is 0.0412. The number of allylic oxidation sites excluding steroid dienone is 1. The number of methoxy groups -OCH3 is 1. The molecule has 0 aliphatic carbocycles. The second kappa shape index (κ2) is 6.27. The first-order chi connectivity index (χ1) is 10.5. The Morgan fingerprint density at radius 3 is 2.55 bits per heavy atom. The molecule has 0 unspecified atom stereocenters. The molecular formula is C17H17N3O2. The fourth-order valence-electron chi connectivity index (χ4n) is 2.18. The normalized spacial score (nSPS) is 11.1. The molecule has 1 aromatic carbocycles. The van der Waals surface area contributed by atoms with E-state index in [1.54, 1.807) is 39.2 Å². The summed E-state index contributed by atoms with van der Waals surface area (Å²) >= 11 is 0. The predicted molar refractivity (Wildman–Crippen MR) is 83.6 cm³/mol. The van der Waals surface area contributed by atoms with E-state index in [0.29, 0.717) is 5.69 Å². The first-order valence-corrected chi connectivity index (χ1v) is 6.80. The van der Waals surface area contributed by atoms with Crippen LogP contribution in [0.25, 0.3) is 6.08 Å². The highest BCUT2D eigenvalue weighted by Crippen LogP contribution is 2.19. The molecule has 0 aliphatic heterocycles. The Morgan fingerprint density at radius 2 is 2.05 bits per heavy atom. The van der Waals surface area contributed by atoms with Crippen LogP contribution in [0.4, 0.5) is 0 Å². The number of hydrogen-bond acceptors (Lipinski definition) is 4. The van der Waals surface area contributed by atoms with Crippen LogP contribution in [0.3, 0.4) is 0 Å². The van der Waals surface area contributed by atoms with Gasteiger partial charge in [0.05, 0.1) is 12.8 Å². The largest absolute Gasteiger partial charge is 0.497 e. The van der Waals surface area contributed by atoms with Crippen molar-refractivity contribution < 1.29 is 9.53 Å². The van der Waals surface area contributed by atoms with Crippen molar-refractivity contribution in [1.29, 1.82) is 5.26 Å². The first-order valence-electron chi connectivity index (χ1n) is 6.80. The van der Waals surface area contributed by atoms with Gasteiger partial charge in [0.1, 0.15) is 17.4 Å². The van der Waals surface area contributed by atoms with Crippen molar-refractivity contribution in [2.45, 2.75) is 20.8 Å². The molecule has 22 heavy (non-hydrogen) atoms. The molecule has 0 saturated carbocycles. The van der Waals surface area contributed by atoms with Gasteiger partial charge in [-0.3, -0.25) is 4.79 Å². The molecule has 2 rings (SSSR count). The molecule has 0 atom stereocenters. The Hall–Kier alpha value is -2.87. The molecule has 5 nitrogen and oxygen atoms in total. The van der Waals surface area contributed by atoms with E-state index in [4.69, 9.17) is 4.74 Å². The highest BCUT2D eigenvalue weighted by Gasteiger charge is 2.15. The molecule has 0 radical (unpaired) electrons. The van der Waals surface area contributed by atoms with Crippen LogP contribution in [0, 0.1) is 32.1 Å². The van der Waals surface area contributed by atoms with E-state index in [0.717, 1.165) is 22.6 Å². The monoisotopic (exact) mass is 295 g/mol. The van der Waals surface area contributed by atoms with Crippen molar-refractivity contribution >= 4 is 12.0 Å². The zero-order valence-electron chi connectivity index (χ0n) is 13.0. The molecule has 1 aromatic heterocycles. The van der Waals surface area contributed by atoms with Crippen LogP contribution in [0.15, 0.2) is 29.8 Å². The van der Waals surface area contributed by atoms with Gasteiger partial charge in [0.15, 0.2) is 0 Å². The van der Waals surface area contributed by atoms with Gasteiger partial charge in [0, 0.05) is 5.69 Å². The molecule has 0 spiro atoms. The quantitative estimate of drug-likeness (QED) is 0.644. The number of carbonyl (C=O) groups excluding carboxylic acids is 1. The number of carbonyl (C=O) groups is 1. The van der Waals surface area contributed by atoms with E-state index in [2.05, 4.69) is 5.10 Å². The minimum atomic E-state index is -0.427. The molecule has 0 N–H and O–H groups in total. The summed E-state index contributed by atoms with van der Waals surface area (Å²) in [6.45, 7) is 5.49. The van der Waals surface area contributed by atoms with E-state index in [1.807, 2.05) is 25.1 Å². The van der Waals surface area contributed by atoms with Crippen LogP contribution in [0.5, 0.6) is 5.75 Å². The van der Waals surface area contributed by atoms with Crippen molar-refractivity contribution in [3.05, 3.63) is 52.4 Å². The maximum atomic E-state index is 12.4. The second-order valence-corrected chi connectivity index (χ2v) is 5.04. The van der Waals surface area contributed by atoms with E-state index < -0.39 is 5.91 Å². The molecule has 5 heteroatoms. The minimum Gasteiger partial charge on any atom is -0.497 e. The Labute approximate surface area is 129 Å². The molecule has 112 valence electrons. The summed E-state index contributed by atoms with van der Waals surface area (Å²) in [6, 6.07) is 9.23. The van der Waals surface area contributed by atoms with Gasteiger partial charge < -0.3 is 4.74 Å². The topological polar surface area (TPSA) is 67.9 Å². The summed E-state index contributed by atoms with van der Waals surface area (Å²) in [7, 11) is 1.59. The van der Waals surface area contributed by atoms with Gasteiger partial charge in [-0.15, -0.1) is 0 Å². The third kappa shape index (κ3) is 3.07. The van der Waals surface area contributed by atoms with Gasteiger partial charge in [-0.1, -0.05) is 6.07 Å². The third-order valence-electron chi connectivity index (χ3n) is 3.33. The maximum Gasteiger partial charge on any atom is 0.289 e. The number of nitrogens with zero attached hydrogens (tertiary/aromatic N) is 3. The summed E-state index contributed by atoms with van der Waals surface area (Å²) in [5, 5.41) is 13.4. The summed E-state index contributed by atoms with van der Waals surface area (Å²) in [6.07, 6.45) is 1.58. The molecule has 0 aliphatic rings. The van der Waals surface area contributed by atoms with Crippen molar-refractivity contribution in [1.82, 2.24) is 9.78 Å². The lowest BCUT2D eigenvalue weighted by Gasteiger charge is -2.06. The zero-order valence-corrected chi connectivity index (χ0v) is 13.0. The number of hydrogen-bond donors (Lipinski definition) is 0. The summed E-state index contributed by atoms with van der Waals surface area (Å²) in [5.41, 5.74) is 3.21. The number of nitriles is 1. The first kappa shape index (κ1) is 15.5. The highest BCUT2D eigenvalue weighted by molar-refractivity contribution is 6.03. The van der Waals surface area contributed by atoms with Gasteiger partial charge in [0.25, 0.3) is 5.91 Å². The van der Waals surface area contributed by atoms with Crippen LogP contribution in [-0.2, 0) is 0 Å². The van der Waals surface area contributed by atoms with E-state index in [9.17, 15) is 10.1 Å². The highest BCUT2D eigenvalue weighted by atomic mass is 16.5. The van der Waals surface area contributed by atoms with Crippen LogP contribution in [0.1, 0.15) is 27.3 Å². The fourth-order valence-corrected chi connectivity index (χ4v) is 2.18. The molecule has 2 aromatic rings. The maximum absolute atomic E-state index is 12.4. The summed E-state index contributed by atoms with van der Waals surface area (Å²) in [5.74, 6) is 0.307. The number of ether oxygens (including phenoxy) is 1. The standard InChI is InChI=1S/C17H17N3O2/c1-11-7-16(22-4)6-5-14(11)9-15(10-18)17(21)20-13(3)8-12(2)19-20/h5-9H,1-4H3/b15-9+. The average Bonchev–Trinajstić information content (AvgIpc) is 2.84. The number of rotatable bonds is 3. The van der Waals surface area contributed by atoms with Crippen LogP contribution < -0.4 is 4.74 Å². The number of aromatic nitrogens is 2. The lowest BCUT2D eigenvalue weighted by molar-refractivity contribution is 0.0944. The van der Waals surface area contributed by atoms with Gasteiger partial charge in [-0.2, -0.15) is 10.4 Å². The average molecular weight is 295 g/mol. The number of aryl methyl sites for hydroxylation is 3. The Bertz CT molecular complexity index is 795. The van der Waals surface area contributed by atoms with Crippen molar-refractivity contribution in [2.24, 2.45) is 0 Å². The SMILES string of the molecule is COc1ccc(/C=C(\C#N)C(=O)n2nc(C)cc2C)c(C)c1. The lowest BCUT2D eigenvalue weighted by atomic mass is 10.1. The Balaban J connectivity index is 2.42. The van der Waals surface area contributed by atoms with E-state index >= 15 is 0 Å². The third-order valence-corrected chi connectivity index (χ3v) is 3.33. The molecule has 0 amide bonds. The van der Waals surface area contributed by atoms with Crippen molar-refractivity contribution in [3.63, 3.8) is 0 Å². The molecule has 0 saturated heterocycles. The van der Waals surface area contributed by atoms with Crippen LogP contribution in [-0.4, -0.2) is 22.8 Å². The summed E-state index contributed by atoms with van der Waals surface area (Å²) in [4.78, 5) is 12.4. The Morgan fingerprint density at radius 1 is 1.32 bits per heavy atom. The second-order valence-electron chi connectivity index (χ2n) is 5.04. The van der Waals surface area contributed by atoms with E-state index in [-0.39, 0.29) is 5.57 Å². The molecule has 0 fully saturated rings.